The summed E-state index contributed by atoms with van der Waals surface area (Å²) in [6.07, 6.45) is -0.929. The van der Waals surface area contributed by atoms with E-state index in [2.05, 4.69) is 18.1 Å². The van der Waals surface area contributed by atoms with Crippen molar-refractivity contribution < 1.29 is 56.3 Å². The van der Waals surface area contributed by atoms with E-state index in [1.54, 1.807) is 4.98 Å². The molecule has 0 saturated carbocycles. The van der Waals surface area contributed by atoms with Crippen molar-refractivity contribution in [3.05, 3.63) is 27.3 Å². The van der Waals surface area contributed by atoms with E-state index < -0.39 is 64.3 Å². The second kappa shape index (κ2) is 9.21. The highest BCUT2D eigenvalue weighted by molar-refractivity contribution is 7.66. The molecule has 0 bridgehead atoms. The largest absolute Gasteiger partial charge is 0.490 e. The second-order valence-electron chi connectivity index (χ2n) is 6.10. The average molecular weight is 542 g/mol. The van der Waals surface area contributed by atoms with Gasteiger partial charge in [0.05, 0.1) is 6.10 Å². The molecule has 1 fully saturated rings. The van der Waals surface area contributed by atoms with Gasteiger partial charge < -0.3 is 29.4 Å². The molecule has 6 N–H and O–H groups in total. The SMILES string of the molecule is C#CC1(Cl)[C@@H](O)[C@@H]([C@@H](C)OP(=O)(O)OP(=O)(O)OP(=O)(O)O)O[C@H]1n1cnc(=O)[nH]c1=O. The summed E-state index contributed by atoms with van der Waals surface area (Å²) >= 11 is 6.21. The highest BCUT2D eigenvalue weighted by Crippen LogP contribution is 2.66. The number of aliphatic hydroxyl groups excluding tert-OH is 1. The van der Waals surface area contributed by atoms with Gasteiger partial charge >= 0.3 is 34.8 Å². The quantitative estimate of drug-likeness (QED) is 0.125. The maximum absolute atomic E-state index is 12.0. The van der Waals surface area contributed by atoms with Crippen LogP contribution in [0.1, 0.15) is 13.2 Å². The minimum Gasteiger partial charge on any atom is -0.387 e. The van der Waals surface area contributed by atoms with Crippen LogP contribution in [0.2, 0.25) is 0 Å². The van der Waals surface area contributed by atoms with Crippen LogP contribution in [0.15, 0.2) is 15.9 Å². The number of phosphoric acid groups is 3. The van der Waals surface area contributed by atoms with Gasteiger partial charge in [-0.05, 0) is 6.92 Å². The fourth-order valence-electron chi connectivity index (χ4n) is 2.59. The lowest BCUT2D eigenvalue weighted by Crippen LogP contribution is -2.45. The highest BCUT2D eigenvalue weighted by Gasteiger charge is 2.58. The lowest BCUT2D eigenvalue weighted by Gasteiger charge is -2.26. The summed E-state index contributed by atoms with van der Waals surface area (Å²) in [5, 5.41) is 10.5. The van der Waals surface area contributed by atoms with Gasteiger partial charge in [-0.1, -0.05) is 17.5 Å². The minimum atomic E-state index is -5.79. The molecule has 0 amide bonds. The Morgan fingerprint density at radius 1 is 1.28 bits per heavy atom. The van der Waals surface area contributed by atoms with E-state index >= 15 is 0 Å². The molecule has 3 unspecified atom stereocenters. The van der Waals surface area contributed by atoms with E-state index in [-0.39, 0.29) is 0 Å². The lowest BCUT2D eigenvalue weighted by atomic mass is 9.97. The third kappa shape index (κ3) is 6.22. The van der Waals surface area contributed by atoms with Gasteiger partial charge in [0.1, 0.15) is 18.5 Å². The maximum Gasteiger partial charge on any atom is 0.490 e. The van der Waals surface area contributed by atoms with Crippen molar-refractivity contribution in [2.45, 2.75) is 36.3 Å². The number of aliphatic hydroxyl groups is 1. The van der Waals surface area contributed by atoms with Crippen LogP contribution in [0.25, 0.3) is 0 Å². The Morgan fingerprint density at radius 3 is 2.38 bits per heavy atom. The standard InChI is InChI=1S/C11H15ClN3O14P3/c1-3-11(12)7(16)6(26-8(11)15-4-13-9(17)14-10(15)18)5(2)27-31(22,23)29-32(24,25)28-30(19,20)21/h1,4-8,16H,2H3,(H,22,23)(H,24,25)(H,14,17,18)(H2,19,20,21)/t5-,6-,7+,8-,11?/m1/s1. The molecule has 1 saturated heterocycles. The summed E-state index contributed by atoms with van der Waals surface area (Å²) in [5.41, 5.74) is -2.09. The third-order valence-corrected chi connectivity index (χ3v) is 8.23. The number of nitrogens with one attached hydrogen (secondary N) is 1. The van der Waals surface area contributed by atoms with Crippen LogP contribution in [0, 0.1) is 12.3 Å². The van der Waals surface area contributed by atoms with E-state index in [1.165, 1.54) is 0 Å². The topological polar surface area (TPSA) is 257 Å². The van der Waals surface area contributed by atoms with Crippen LogP contribution < -0.4 is 11.4 Å². The molecule has 0 aromatic carbocycles. The van der Waals surface area contributed by atoms with Crippen molar-refractivity contribution in [3.8, 4) is 12.3 Å². The van der Waals surface area contributed by atoms with Crippen molar-refractivity contribution in [2.75, 3.05) is 0 Å². The Morgan fingerprint density at radius 2 is 1.88 bits per heavy atom. The Labute approximate surface area is 182 Å². The monoisotopic (exact) mass is 541 g/mol. The van der Waals surface area contributed by atoms with Gasteiger partial charge in [0.15, 0.2) is 11.1 Å². The predicted octanol–water partition coefficient (Wildman–Crippen LogP) is -1.47. The molecule has 1 aromatic heterocycles. The molecule has 0 aliphatic carbocycles. The van der Waals surface area contributed by atoms with Crippen molar-refractivity contribution in [2.24, 2.45) is 0 Å². The summed E-state index contributed by atoms with van der Waals surface area (Å²) in [7, 11) is -17.0. The van der Waals surface area contributed by atoms with Crippen molar-refractivity contribution in [1.29, 1.82) is 0 Å². The molecule has 21 heteroatoms. The number of hydrogen-bond acceptors (Lipinski definition) is 11. The number of H-pyrrole nitrogens is 1. The zero-order valence-corrected chi connectivity index (χ0v) is 18.9. The molecule has 0 spiro atoms. The fraction of sp³-hybridized carbons (Fsp3) is 0.545. The van der Waals surface area contributed by atoms with Gasteiger partial charge in [0.25, 0.3) is 0 Å². The zero-order valence-electron chi connectivity index (χ0n) is 15.5. The normalized spacial score (nSPS) is 30.8. The molecule has 2 rings (SSSR count). The minimum absolute atomic E-state index is 0.620. The van der Waals surface area contributed by atoms with Gasteiger partial charge in [-0.15, -0.1) is 6.42 Å². The number of aromatic nitrogens is 3. The molecule has 2 heterocycles. The molecule has 7 atom stereocenters. The fourth-order valence-corrected chi connectivity index (χ4v) is 6.07. The van der Waals surface area contributed by atoms with Crippen LogP contribution in [-0.4, -0.2) is 62.4 Å². The number of nitrogens with zero attached hydrogens (tertiary/aromatic N) is 2. The van der Waals surface area contributed by atoms with Crippen LogP contribution in [0.3, 0.4) is 0 Å². The second-order valence-corrected chi connectivity index (χ2v) is 11.1. The molecule has 0 radical (unpaired) electrons. The average Bonchev–Trinajstić information content (AvgIpc) is 2.84. The Bertz CT molecular complexity index is 1170. The van der Waals surface area contributed by atoms with E-state index in [0.29, 0.717) is 10.9 Å². The van der Waals surface area contributed by atoms with Crippen LogP contribution in [0.5, 0.6) is 0 Å². The summed E-state index contributed by atoms with van der Waals surface area (Å²) in [5.74, 6) is 1.99. The molecular weight excluding hydrogens is 527 g/mol. The smallest absolute Gasteiger partial charge is 0.387 e. The number of aromatic amines is 1. The summed E-state index contributed by atoms with van der Waals surface area (Å²) in [4.78, 5) is 61.9. The number of halogens is 1. The molecule has 1 aliphatic heterocycles. The Kier molecular flexibility index (Phi) is 7.78. The summed E-state index contributed by atoms with van der Waals surface area (Å²) < 4.78 is 51.8. The number of hydrogen-bond donors (Lipinski definition) is 6. The van der Waals surface area contributed by atoms with Gasteiger partial charge in [-0.3, -0.25) is 14.1 Å². The third-order valence-electron chi connectivity index (χ3n) is 3.79. The molecule has 32 heavy (non-hydrogen) atoms. The number of ether oxygens (including phenoxy) is 1. The Balaban J connectivity index is 2.28. The van der Waals surface area contributed by atoms with E-state index in [1.807, 2.05) is 5.92 Å². The summed E-state index contributed by atoms with van der Waals surface area (Å²) in [6, 6.07) is 0. The Hall–Kier alpha value is -1.21. The first-order chi connectivity index (χ1) is 14.4. The molecule has 1 aromatic rings. The lowest BCUT2D eigenvalue weighted by molar-refractivity contribution is -0.0752. The first kappa shape index (κ1) is 27.0. The summed E-state index contributed by atoms with van der Waals surface area (Å²) in [6.45, 7) is 0.996. The van der Waals surface area contributed by atoms with Crippen LogP contribution >= 0.6 is 35.1 Å². The van der Waals surface area contributed by atoms with Crippen molar-refractivity contribution in [3.63, 3.8) is 0 Å². The number of rotatable bonds is 8. The van der Waals surface area contributed by atoms with Crippen molar-refractivity contribution in [1.82, 2.24) is 14.5 Å². The van der Waals surface area contributed by atoms with Crippen molar-refractivity contribution >= 4 is 35.1 Å². The zero-order chi connectivity index (χ0) is 24.7. The van der Waals surface area contributed by atoms with E-state index in [4.69, 9.17) is 32.5 Å². The van der Waals surface area contributed by atoms with E-state index in [0.717, 1.165) is 6.92 Å². The van der Waals surface area contributed by atoms with Crippen LogP contribution in [0.4, 0.5) is 0 Å². The van der Waals surface area contributed by atoms with Gasteiger partial charge in [0.2, 0.25) is 0 Å². The number of alkyl halides is 1. The molecule has 17 nitrogen and oxygen atoms in total. The number of phosphoric ester groups is 1. The van der Waals surface area contributed by atoms with Gasteiger partial charge in [-0.2, -0.15) is 13.6 Å². The molecule has 1 aliphatic rings. The first-order valence-electron chi connectivity index (χ1n) is 7.90. The highest BCUT2D eigenvalue weighted by atomic mass is 35.5. The maximum atomic E-state index is 12.0. The first-order valence-corrected chi connectivity index (χ1v) is 12.8. The molecule has 180 valence electrons. The van der Waals surface area contributed by atoms with Gasteiger partial charge in [0, 0.05) is 0 Å². The number of terminal acetylenes is 1. The molecular formula is C11H15ClN3O14P3. The van der Waals surface area contributed by atoms with E-state index in [9.17, 15) is 38.2 Å². The van der Waals surface area contributed by atoms with Gasteiger partial charge in [-0.25, -0.2) is 23.3 Å². The van der Waals surface area contributed by atoms with Crippen LogP contribution in [-0.2, 0) is 31.6 Å². The predicted molar refractivity (Wildman–Crippen MR) is 101 cm³/mol.